The van der Waals surface area contributed by atoms with E-state index in [9.17, 15) is 9.18 Å². The highest BCUT2D eigenvalue weighted by Crippen LogP contribution is 2.46. The van der Waals surface area contributed by atoms with Crippen LogP contribution in [0.2, 0.25) is 0 Å². The molecule has 20 heavy (non-hydrogen) atoms. The van der Waals surface area contributed by atoms with Gasteiger partial charge in [0.05, 0.1) is 13.0 Å². The SMILES string of the molecule is COC(=O)C1[C@H]2CCC(C[C@H]1c1ccc(F)cc1)N2C. The highest BCUT2D eigenvalue weighted by molar-refractivity contribution is 5.75. The Morgan fingerprint density at radius 1 is 1.30 bits per heavy atom. The molecule has 108 valence electrons. The minimum absolute atomic E-state index is 0.136. The van der Waals surface area contributed by atoms with E-state index < -0.39 is 0 Å². The Kier molecular flexibility index (Phi) is 3.50. The van der Waals surface area contributed by atoms with Gasteiger partial charge in [-0.3, -0.25) is 9.69 Å². The van der Waals surface area contributed by atoms with E-state index in [0.29, 0.717) is 6.04 Å². The maximum absolute atomic E-state index is 13.1. The monoisotopic (exact) mass is 277 g/mol. The summed E-state index contributed by atoms with van der Waals surface area (Å²) >= 11 is 0. The first-order chi connectivity index (χ1) is 9.61. The van der Waals surface area contributed by atoms with Gasteiger partial charge in [0.15, 0.2) is 0 Å². The molecule has 2 aliphatic rings. The number of methoxy groups -OCH3 is 1. The number of esters is 1. The van der Waals surface area contributed by atoms with Gasteiger partial charge in [0.25, 0.3) is 0 Å². The number of carbonyl (C=O) groups is 1. The zero-order valence-corrected chi connectivity index (χ0v) is 11.9. The molecule has 0 N–H and O–H groups in total. The lowest BCUT2D eigenvalue weighted by atomic mass is 9.76. The van der Waals surface area contributed by atoms with Crippen molar-refractivity contribution < 1.29 is 13.9 Å². The second kappa shape index (κ2) is 5.17. The fourth-order valence-corrected chi connectivity index (χ4v) is 3.98. The Balaban J connectivity index is 1.95. The first-order valence-corrected chi connectivity index (χ1v) is 7.17. The minimum atomic E-state index is -0.237. The van der Waals surface area contributed by atoms with Crippen LogP contribution < -0.4 is 0 Å². The molecule has 2 bridgehead atoms. The number of carbonyl (C=O) groups excluding carboxylic acids is 1. The molecular formula is C16H20FNO2. The molecule has 0 saturated carbocycles. The van der Waals surface area contributed by atoms with Crippen molar-refractivity contribution >= 4 is 5.97 Å². The van der Waals surface area contributed by atoms with E-state index in [4.69, 9.17) is 4.74 Å². The van der Waals surface area contributed by atoms with Crippen LogP contribution in [0.5, 0.6) is 0 Å². The van der Waals surface area contributed by atoms with Gasteiger partial charge < -0.3 is 4.74 Å². The lowest BCUT2D eigenvalue weighted by Gasteiger charge is -2.41. The van der Waals surface area contributed by atoms with E-state index in [0.717, 1.165) is 24.8 Å². The summed E-state index contributed by atoms with van der Waals surface area (Å²) in [4.78, 5) is 14.5. The molecule has 2 heterocycles. The van der Waals surface area contributed by atoms with Gasteiger partial charge in [-0.15, -0.1) is 0 Å². The summed E-state index contributed by atoms with van der Waals surface area (Å²) < 4.78 is 18.1. The van der Waals surface area contributed by atoms with Gasteiger partial charge in [-0.05, 0) is 44.0 Å². The Labute approximate surface area is 118 Å². The maximum atomic E-state index is 13.1. The maximum Gasteiger partial charge on any atom is 0.310 e. The molecule has 2 aliphatic heterocycles. The second-order valence-electron chi connectivity index (χ2n) is 5.91. The zero-order valence-electron chi connectivity index (χ0n) is 11.9. The van der Waals surface area contributed by atoms with Gasteiger partial charge in [-0.2, -0.15) is 0 Å². The van der Waals surface area contributed by atoms with E-state index >= 15 is 0 Å². The summed E-state index contributed by atoms with van der Waals surface area (Å²) in [7, 11) is 3.55. The fraction of sp³-hybridized carbons (Fsp3) is 0.562. The van der Waals surface area contributed by atoms with Gasteiger partial charge >= 0.3 is 5.97 Å². The Morgan fingerprint density at radius 2 is 2.00 bits per heavy atom. The molecule has 0 aromatic heterocycles. The normalized spacial score (nSPS) is 33.1. The van der Waals surface area contributed by atoms with Crippen molar-refractivity contribution in [3.05, 3.63) is 35.6 Å². The van der Waals surface area contributed by atoms with Crippen LogP contribution in [0.25, 0.3) is 0 Å². The largest absolute Gasteiger partial charge is 0.469 e. The Morgan fingerprint density at radius 3 is 2.65 bits per heavy atom. The van der Waals surface area contributed by atoms with Crippen molar-refractivity contribution in [1.82, 2.24) is 4.90 Å². The molecule has 2 saturated heterocycles. The number of piperidine rings is 1. The van der Waals surface area contributed by atoms with Crippen LogP contribution in [-0.2, 0) is 9.53 Å². The fourth-order valence-electron chi connectivity index (χ4n) is 3.98. The average molecular weight is 277 g/mol. The van der Waals surface area contributed by atoms with E-state index in [1.807, 2.05) is 0 Å². The molecule has 0 amide bonds. The third-order valence-corrected chi connectivity index (χ3v) is 5.04. The van der Waals surface area contributed by atoms with Gasteiger partial charge in [-0.25, -0.2) is 4.39 Å². The molecule has 0 radical (unpaired) electrons. The molecule has 3 rings (SSSR count). The molecule has 2 unspecified atom stereocenters. The first-order valence-electron chi connectivity index (χ1n) is 7.17. The number of rotatable bonds is 2. The summed E-state index contributed by atoms with van der Waals surface area (Å²) in [6.07, 6.45) is 3.11. The molecular weight excluding hydrogens is 257 g/mol. The average Bonchev–Trinajstić information content (AvgIpc) is 2.70. The summed E-state index contributed by atoms with van der Waals surface area (Å²) in [6.45, 7) is 0. The minimum Gasteiger partial charge on any atom is -0.469 e. The van der Waals surface area contributed by atoms with Crippen molar-refractivity contribution in [2.45, 2.75) is 37.3 Å². The number of benzene rings is 1. The van der Waals surface area contributed by atoms with Crippen molar-refractivity contribution in [2.75, 3.05) is 14.2 Å². The van der Waals surface area contributed by atoms with Crippen molar-refractivity contribution in [1.29, 1.82) is 0 Å². The standard InChI is InChI=1S/C16H20FNO2/c1-18-12-7-8-14(18)15(16(19)20-2)13(9-12)10-3-5-11(17)6-4-10/h3-6,12-15H,7-9H2,1-2H3/t12?,13-,14+,15?/m0/s1. The number of hydrogen-bond donors (Lipinski definition) is 0. The van der Waals surface area contributed by atoms with E-state index in [1.165, 1.54) is 19.2 Å². The predicted octanol–water partition coefficient (Wildman–Crippen LogP) is 2.57. The van der Waals surface area contributed by atoms with E-state index in [2.05, 4.69) is 11.9 Å². The van der Waals surface area contributed by atoms with E-state index in [-0.39, 0.29) is 29.7 Å². The summed E-state index contributed by atoms with van der Waals surface area (Å²) in [5.41, 5.74) is 1.05. The topological polar surface area (TPSA) is 29.5 Å². The molecule has 3 nitrogen and oxygen atoms in total. The number of fused-ring (bicyclic) bond motifs is 2. The number of nitrogens with zero attached hydrogens (tertiary/aromatic N) is 1. The van der Waals surface area contributed by atoms with Gasteiger partial charge in [0.1, 0.15) is 5.82 Å². The van der Waals surface area contributed by atoms with Crippen LogP contribution in [-0.4, -0.2) is 37.1 Å². The molecule has 4 heteroatoms. The molecule has 1 aromatic rings. The first kappa shape index (κ1) is 13.6. The van der Waals surface area contributed by atoms with Crippen LogP contribution in [0.4, 0.5) is 4.39 Å². The smallest absolute Gasteiger partial charge is 0.310 e. The Bertz CT molecular complexity index is 502. The van der Waals surface area contributed by atoms with Crippen molar-refractivity contribution in [3.63, 3.8) is 0 Å². The van der Waals surface area contributed by atoms with Gasteiger partial charge in [0, 0.05) is 18.0 Å². The molecule has 0 aliphatic carbocycles. The quantitative estimate of drug-likeness (QED) is 0.778. The molecule has 0 spiro atoms. The van der Waals surface area contributed by atoms with E-state index in [1.54, 1.807) is 12.1 Å². The lowest BCUT2D eigenvalue weighted by Crippen LogP contribution is -2.49. The lowest BCUT2D eigenvalue weighted by molar-refractivity contribution is -0.150. The summed E-state index contributed by atoms with van der Waals surface area (Å²) in [6, 6.07) is 7.34. The van der Waals surface area contributed by atoms with Crippen LogP contribution in [0.3, 0.4) is 0 Å². The van der Waals surface area contributed by atoms with Crippen molar-refractivity contribution in [3.8, 4) is 0 Å². The summed E-state index contributed by atoms with van der Waals surface area (Å²) in [5.74, 6) is -0.387. The second-order valence-corrected chi connectivity index (χ2v) is 5.91. The zero-order chi connectivity index (χ0) is 14.3. The Hall–Kier alpha value is -1.42. The third-order valence-electron chi connectivity index (χ3n) is 5.04. The van der Waals surface area contributed by atoms with Crippen LogP contribution in [0.15, 0.2) is 24.3 Å². The van der Waals surface area contributed by atoms with Crippen molar-refractivity contribution in [2.24, 2.45) is 5.92 Å². The van der Waals surface area contributed by atoms with Crippen LogP contribution in [0, 0.1) is 11.7 Å². The highest BCUT2D eigenvalue weighted by atomic mass is 19.1. The predicted molar refractivity (Wildman–Crippen MR) is 73.8 cm³/mol. The van der Waals surface area contributed by atoms with Crippen LogP contribution >= 0.6 is 0 Å². The third kappa shape index (κ3) is 2.12. The summed E-state index contributed by atoms with van der Waals surface area (Å²) in [5, 5.41) is 0. The van der Waals surface area contributed by atoms with Crippen LogP contribution in [0.1, 0.15) is 30.7 Å². The van der Waals surface area contributed by atoms with Gasteiger partial charge in [-0.1, -0.05) is 12.1 Å². The number of ether oxygens (including phenoxy) is 1. The van der Waals surface area contributed by atoms with Gasteiger partial charge in [0.2, 0.25) is 0 Å². The molecule has 1 aromatic carbocycles. The molecule has 4 atom stereocenters. The highest BCUT2D eigenvalue weighted by Gasteiger charge is 2.49. The number of hydrogen-bond acceptors (Lipinski definition) is 3. The molecule has 2 fully saturated rings. The number of halogens is 1.